The number of fused-ring (bicyclic) bond motifs is 1. The van der Waals surface area contributed by atoms with Crippen molar-refractivity contribution in [1.82, 2.24) is 24.7 Å². The van der Waals surface area contributed by atoms with E-state index in [9.17, 15) is 14.6 Å². The van der Waals surface area contributed by atoms with Crippen molar-refractivity contribution < 1.29 is 19.3 Å². The van der Waals surface area contributed by atoms with Crippen molar-refractivity contribution in [3.05, 3.63) is 53.7 Å². The van der Waals surface area contributed by atoms with Crippen LogP contribution in [0.3, 0.4) is 0 Å². The number of imidazole rings is 1. The number of anilines is 1. The Labute approximate surface area is 193 Å². The number of aromatic nitrogens is 5. The van der Waals surface area contributed by atoms with E-state index in [0.717, 1.165) is 5.56 Å². The maximum Gasteiger partial charge on any atom is 0.488 e. The van der Waals surface area contributed by atoms with Gasteiger partial charge in [-0.15, -0.1) is 15.3 Å². The number of methoxy groups -OCH3 is 1. The summed E-state index contributed by atoms with van der Waals surface area (Å²) < 4.78 is 18.9. The highest BCUT2D eigenvalue weighted by Gasteiger charge is 2.23. The summed E-state index contributed by atoms with van der Waals surface area (Å²) in [5.41, 5.74) is 2.89. The largest absolute Gasteiger partial charge is 0.593 e. The van der Waals surface area contributed by atoms with Crippen LogP contribution in [0.4, 0.5) is 5.82 Å². The Hall–Kier alpha value is -3.23. The third kappa shape index (κ3) is 4.63. The predicted molar refractivity (Wildman–Crippen MR) is 125 cm³/mol. The number of rotatable bonds is 8. The number of hydrogen-bond donors (Lipinski definition) is 4. The van der Waals surface area contributed by atoms with Gasteiger partial charge >= 0.3 is 13.1 Å². The Balaban J connectivity index is 1.73. The molecule has 0 bridgehead atoms. The highest BCUT2D eigenvalue weighted by Crippen LogP contribution is 2.29. The van der Waals surface area contributed by atoms with Gasteiger partial charge in [-0.1, -0.05) is 37.3 Å². The van der Waals surface area contributed by atoms with E-state index in [1.807, 2.05) is 13.0 Å². The van der Waals surface area contributed by atoms with Crippen LogP contribution in [0.15, 0.2) is 47.4 Å². The Morgan fingerprint density at radius 1 is 1.18 bits per heavy atom. The van der Waals surface area contributed by atoms with Crippen molar-refractivity contribution in [2.45, 2.75) is 24.8 Å². The molecule has 5 N–H and O–H groups in total. The van der Waals surface area contributed by atoms with Crippen LogP contribution in [-0.2, 0) is 24.3 Å². The molecule has 13 heteroatoms. The van der Waals surface area contributed by atoms with Crippen LogP contribution in [0, 0.1) is 0 Å². The second-order valence-electron chi connectivity index (χ2n) is 7.09. The van der Waals surface area contributed by atoms with Gasteiger partial charge in [0.1, 0.15) is 11.2 Å². The van der Waals surface area contributed by atoms with Gasteiger partial charge in [0.25, 0.3) is 5.95 Å². The Morgan fingerprint density at radius 3 is 2.67 bits per heavy atom. The van der Waals surface area contributed by atoms with E-state index < -0.39 is 18.5 Å². The average molecular weight is 467 g/mol. The molecule has 0 saturated heterocycles. The molecule has 4 aromatic rings. The van der Waals surface area contributed by atoms with Crippen molar-refractivity contribution in [2.75, 3.05) is 12.4 Å². The van der Waals surface area contributed by atoms with Gasteiger partial charge in [0.05, 0.1) is 24.0 Å². The monoisotopic (exact) mass is 467 g/mol. The van der Waals surface area contributed by atoms with E-state index in [1.165, 1.54) is 7.11 Å². The number of nitrogens with zero attached hydrogens (tertiary/aromatic N) is 5. The third-order valence-corrected chi connectivity index (χ3v) is 5.77. The van der Waals surface area contributed by atoms with Gasteiger partial charge in [0.15, 0.2) is 5.82 Å². The molecule has 2 heterocycles. The molecule has 0 saturated carbocycles. The van der Waals surface area contributed by atoms with E-state index >= 15 is 0 Å². The molecular formula is C20H22BN7O4S. The van der Waals surface area contributed by atoms with Crippen molar-refractivity contribution in [1.29, 1.82) is 0 Å². The minimum Gasteiger partial charge on any atom is -0.593 e. The Kier molecular flexibility index (Phi) is 6.76. The summed E-state index contributed by atoms with van der Waals surface area (Å²) in [5, 5.41) is 36.2. The fourth-order valence-corrected chi connectivity index (χ4v) is 3.96. The second-order valence-corrected chi connectivity index (χ2v) is 8.12. The lowest BCUT2D eigenvalue weighted by Crippen LogP contribution is -2.30. The normalized spacial score (nSPS) is 12.1. The molecule has 0 aliphatic rings. The maximum atomic E-state index is 11.9. The minimum atomic E-state index is -1.73. The van der Waals surface area contributed by atoms with Gasteiger partial charge in [-0.25, -0.2) is 4.57 Å². The predicted octanol–water partition coefficient (Wildman–Crippen LogP) is 0.0547. The van der Waals surface area contributed by atoms with Crippen molar-refractivity contribution in [2.24, 2.45) is 5.14 Å². The Bertz CT molecular complexity index is 1280. The van der Waals surface area contributed by atoms with Crippen molar-refractivity contribution in [3.63, 3.8) is 0 Å². The minimum absolute atomic E-state index is 0.199. The van der Waals surface area contributed by atoms with Gasteiger partial charge < -0.3 is 24.7 Å². The fourth-order valence-electron chi connectivity index (χ4n) is 3.41. The van der Waals surface area contributed by atoms with E-state index in [4.69, 9.17) is 9.88 Å². The third-order valence-electron chi connectivity index (χ3n) is 5.01. The number of hydrogen-bond acceptors (Lipinski definition) is 10. The molecule has 0 aliphatic carbocycles. The number of ether oxygens (including phenoxy) is 1. The number of para-hydroxylation sites is 1. The first-order valence-electron chi connectivity index (χ1n) is 10.1. The Morgan fingerprint density at radius 2 is 1.97 bits per heavy atom. The molecule has 0 amide bonds. The molecule has 2 aromatic heterocycles. The molecular weight excluding hydrogens is 445 g/mol. The lowest BCUT2D eigenvalue weighted by atomic mass is 9.80. The zero-order valence-electron chi connectivity index (χ0n) is 18.0. The van der Waals surface area contributed by atoms with Gasteiger partial charge in [-0.05, 0) is 29.6 Å². The first kappa shape index (κ1) is 23.0. The smallest absolute Gasteiger partial charge is 0.488 e. The van der Waals surface area contributed by atoms with Crippen LogP contribution in [0.5, 0.6) is 6.01 Å². The van der Waals surface area contributed by atoms with Crippen LogP contribution < -0.4 is 20.7 Å². The molecule has 1 atom stereocenters. The van der Waals surface area contributed by atoms with Gasteiger partial charge in [0, 0.05) is 6.54 Å². The van der Waals surface area contributed by atoms with Gasteiger partial charge in [-0.3, -0.25) is 0 Å². The van der Waals surface area contributed by atoms with Crippen LogP contribution in [-0.4, -0.2) is 53.6 Å². The summed E-state index contributed by atoms with van der Waals surface area (Å²) in [4.78, 5) is 9.42. The summed E-state index contributed by atoms with van der Waals surface area (Å²) in [7, 11) is -0.0787. The van der Waals surface area contributed by atoms with Crippen molar-refractivity contribution in [3.8, 4) is 12.0 Å². The van der Waals surface area contributed by atoms with Crippen LogP contribution in [0.1, 0.15) is 18.2 Å². The van der Waals surface area contributed by atoms with E-state index in [-0.39, 0.29) is 12.0 Å². The lowest BCUT2D eigenvalue weighted by molar-refractivity contribution is 0.373. The number of nitrogens with two attached hydrogens (primary N) is 1. The quantitative estimate of drug-likeness (QED) is 0.205. The molecule has 0 aliphatic heterocycles. The number of nitrogens with one attached hydrogen (secondary N) is 1. The highest BCUT2D eigenvalue weighted by atomic mass is 32.2. The first-order chi connectivity index (χ1) is 15.9. The molecule has 0 radical (unpaired) electrons. The highest BCUT2D eigenvalue weighted by molar-refractivity contribution is 7.89. The molecule has 170 valence electrons. The SMILES string of the molecule is CCc1nnc(-n2c(OC)nc3c([S+](N)[O-])cccc32)nc1NCc1cccc(B(O)O)c1. The van der Waals surface area contributed by atoms with E-state index in [2.05, 4.69) is 25.5 Å². The maximum absolute atomic E-state index is 11.9. The molecule has 4 rings (SSSR count). The van der Waals surface area contributed by atoms with Crippen LogP contribution in [0.25, 0.3) is 17.0 Å². The van der Waals surface area contributed by atoms with E-state index in [0.29, 0.717) is 45.9 Å². The first-order valence-corrected chi connectivity index (χ1v) is 11.3. The number of aryl methyl sites for hydroxylation is 1. The molecule has 2 aromatic carbocycles. The molecule has 0 fully saturated rings. The van der Waals surface area contributed by atoms with Crippen LogP contribution >= 0.6 is 0 Å². The molecule has 33 heavy (non-hydrogen) atoms. The zero-order chi connectivity index (χ0) is 23.5. The van der Waals surface area contributed by atoms with Crippen molar-refractivity contribution >= 4 is 40.8 Å². The molecule has 0 spiro atoms. The van der Waals surface area contributed by atoms with Gasteiger partial charge in [0.2, 0.25) is 4.90 Å². The fraction of sp³-hybridized carbons (Fsp3) is 0.200. The summed E-state index contributed by atoms with van der Waals surface area (Å²) in [6.45, 7) is 2.32. The number of benzene rings is 2. The van der Waals surface area contributed by atoms with E-state index in [1.54, 1.807) is 41.0 Å². The van der Waals surface area contributed by atoms with Crippen LogP contribution in [0.2, 0.25) is 0 Å². The summed E-state index contributed by atoms with van der Waals surface area (Å²) in [6.07, 6.45) is 0.593. The lowest BCUT2D eigenvalue weighted by Gasteiger charge is -2.12. The topological polar surface area (TPSA) is 167 Å². The zero-order valence-corrected chi connectivity index (χ0v) is 18.8. The second kappa shape index (κ2) is 9.73. The van der Waals surface area contributed by atoms with Gasteiger partial charge in [-0.2, -0.15) is 9.97 Å². The average Bonchev–Trinajstić information content (AvgIpc) is 3.21. The molecule has 1 unspecified atom stereocenters. The molecule has 11 nitrogen and oxygen atoms in total. The summed E-state index contributed by atoms with van der Waals surface area (Å²) in [5.74, 6) is 0.730. The standard InChI is InChI=1S/C20H22BN7O4S/c1-3-14-18(23-11-12-6-4-7-13(10-12)21(29)30)25-19(27-26-14)28-15-8-5-9-16(33(22)31)17(15)24-20(28)32-2/h4-10,29-30H,3,11,22H2,1-2H3,(H,23,25,27). The summed E-state index contributed by atoms with van der Waals surface area (Å²) >= 11 is -1.73. The summed E-state index contributed by atoms with van der Waals surface area (Å²) in [6, 6.07) is 12.3.